The van der Waals surface area contributed by atoms with Gasteiger partial charge in [0.1, 0.15) is 0 Å². The molecule has 0 bridgehead atoms. The fourth-order valence-electron chi connectivity index (χ4n) is 2.19. The lowest BCUT2D eigenvalue weighted by Crippen LogP contribution is -1.95. The molecule has 0 radical (unpaired) electrons. The zero-order valence-electron chi connectivity index (χ0n) is 15.1. The smallest absolute Gasteiger partial charge is 0.0615 e. The minimum atomic E-state index is 0.623. The first-order valence-corrected chi connectivity index (χ1v) is 8.69. The predicted octanol–water partition coefficient (Wildman–Crippen LogP) is 6.87. The van der Waals surface area contributed by atoms with E-state index in [0.717, 1.165) is 18.5 Å². The van der Waals surface area contributed by atoms with E-state index in [1.165, 1.54) is 36.8 Å². The highest BCUT2D eigenvalue weighted by atomic mass is 14.7. The van der Waals surface area contributed by atoms with Crippen molar-refractivity contribution >= 4 is 6.21 Å². The van der Waals surface area contributed by atoms with Gasteiger partial charge in [0.25, 0.3) is 0 Å². The van der Waals surface area contributed by atoms with Gasteiger partial charge in [-0.2, -0.15) is 0 Å². The van der Waals surface area contributed by atoms with Crippen LogP contribution in [-0.4, -0.2) is 6.21 Å². The molecule has 0 fully saturated rings. The fourth-order valence-corrected chi connectivity index (χ4v) is 2.19. The zero-order valence-corrected chi connectivity index (χ0v) is 15.1. The number of aliphatic imine (C=N–C) groups is 1. The molecule has 0 spiro atoms. The average Bonchev–Trinajstić information content (AvgIpc) is 2.50. The van der Waals surface area contributed by atoms with E-state index in [1.807, 2.05) is 0 Å². The fraction of sp³-hybridized carbons (Fsp3) is 0.650. The molecular weight excluding hydrogens is 254 g/mol. The van der Waals surface area contributed by atoms with E-state index in [9.17, 15) is 0 Å². The van der Waals surface area contributed by atoms with Crippen LogP contribution in [0.15, 0.2) is 40.1 Å². The van der Waals surface area contributed by atoms with Crippen LogP contribution in [0.3, 0.4) is 0 Å². The molecule has 1 unspecified atom stereocenters. The number of nitrogens with zero attached hydrogens (tertiary/aromatic N) is 1. The molecule has 0 rings (SSSR count). The Morgan fingerprint density at radius 3 is 2.19 bits per heavy atom. The molecule has 0 aromatic rings. The van der Waals surface area contributed by atoms with Gasteiger partial charge in [0, 0.05) is 6.21 Å². The summed E-state index contributed by atoms with van der Waals surface area (Å²) in [5, 5.41) is 0. The molecular formula is C20H35N. The Morgan fingerprint density at radius 2 is 1.71 bits per heavy atom. The molecule has 0 aromatic carbocycles. The lowest BCUT2D eigenvalue weighted by molar-refractivity contribution is 0.687. The van der Waals surface area contributed by atoms with Crippen molar-refractivity contribution in [2.24, 2.45) is 10.9 Å². The van der Waals surface area contributed by atoms with Crippen LogP contribution in [0.5, 0.6) is 0 Å². The molecule has 0 aliphatic carbocycles. The molecule has 0 saturated carbocycles. The van der Waals surface area contributed by atoms with Crippen LogP contribution in [0.25, 0.3) is 0 Å². The van der Waals surface area contributed by atoms with Crippen molar-refractivity contribution in [2.75, 3.05) is 0 Å². The van der Waals surface area contributed by atoms with Crippen molar-refractivity contribution in [2.45, 2.75) is 80.1 Å². The van der Waals surface area contributed by atoms with Crippen LogP contribution in [0, 0.1) is 5.92 Å². The van der Waals surface area contributed by atoms with E-state index >= 15 is 0 Å². The molecule has 0 heterocycles. The summed E-state index contributed by atoms with van der Waals surface area (Å²) in [7, 11) is 0. The number of unbranched alkanes of at least 4 members (excludes halogenated alkanes) is 1. The molecule has 0 aliphatic rings. The summed E-state index contributed by atoms with van der Waals surface area (Å²) < 4.78 is 0. The average molecular weight is 290 g/mol. The van der Waals surface area contributed by atoms with Crippen LogP contribution >= 0.6 is 0 Å². The Morgan fingerprint density at radius 1 is 1.00 bits per heavy atom. The maximum absolute atomic E-state index is 4.77. The Balaban J connectivity index is 5.06. The second kappa shape index (κ2) is 12.6. The summed E-state index contributed by atoms with van der Waals surface area (Å²) >= 11 is 0. The van der Waals surface area contributed by atoms with Crippen LogP contribution < -0.4 is 0 Å². The third-order valence-electron chi connectivity index (χ3n) is 3.81. The Kier molecular flexibility index (Phi) is 12.0. The van der Waals surface area contributed by atoms with Crippen molar-refractivity contribution in [1.82, 2.24) is 0 Å². The molecule has 120 valence electrons. The van der Waals surface area contributed by atoms with Gasteiger partial charge in [-0.1, -0.05) is 65.2 Å². The zero-order chi connectivity index (χ0) is 16.1. The molecule has 0 aliphatic heterocycles. The van der Waals surface area contributed by atoms with Crippen molar-refractivity contribution in [3.63, 3.8) is 0 Å². The van der Waals surface area contributed by atoms with Gasteiger partial charge in [0.2, 0.25) is 0 Å². The minimum Gasteiger partial charge on any atom is -0.257 e. The van der Waals surface area contributed by atoms with Gasteiger partial charge in [0.15, 0.2) is 0 Å². The first-order valence-electron chi connectivity index (χ1n) is 8.69. The highest BCUT2D eigenvalue weighted by molar-refractivity contribution is 5.79. The highest BCUT2D eigenvalue weighted by Gasteiger charge is 2.05. The molecule has 0 saturated heterocycles. The van der Waals surface area contributed by atoms with E-state index in [-0.39, 0.29) is 0 Å². The second-order valence-corrected chi connectivity index (χ2v) is 5.73. The Hall–Kier alpha value is -1.11. The van der Waals surface area contributed by atoms with Crippen molar-refractivity contribution in [3.05, 3.63) is 35.1 Å². The number of hydrogen-bond acceptors (Lipinski definition) is 1. The molecule has 0 N–H and O–H groups in total. The summed E-state index contributed by atoms with van der Waals surface area (Å²) in [5.41, 5.74) is 3.89. The standard InChI is InChI=1S/C20H35N/c1-7-12-14-18(10-4)16-21-20(11-5)19(13-8-2)15-17(6)9-3/h10-11,15-17H,7-9,12-14H2,1-6H3/b18-10-,19-15-,20-11+,21-16+. The van der Waals surface area contributed by atoms with Crippen LogP contribution in [-0.2, 0) is 0 Å². The van der Waals surface area contributed by atoms with Gasteiger partial charge in [-0.05, 0) is 50.2 Å². The summed E-state index contributed by atoms with van der Waals surface area (Å²) in [5.74, 6) is 0.623. The second-order valence-electron chi connectivity index (χ2n) is 5.73. The lowest BCUT2D eigenvalue weighted by atomic mass is 9.99. The Labute approximate surface area is 132 Å². The van der Waals surface area contributed by atoms with Gasteiger partial charge >= 0.3 is 0 Å². The topological polar surface area (TPSA) is 12.4 Å². The summed E-state index contributed by atoms with van der Waals surface area (Å²) in [6.07, 6.45) is 15.9. The summed E-state index contributed by atoms with van der Waals surface area (Å²) in [4.78, 5) is 4.77. The van der Waals surface area contributed by atoms with Crippen molar-refractivity contribution < 1.29 is 0 Å². The van der Waals surface area contributed by atoms with E-state index in [4.69, 9.17) is 4.99 Å². The van der Waals surface area contributed by atoms with Crippen LogP contribution in [0.1, 0.15) is 80.1 Å². The first kappa shape index (κ1) is 19.9. The maximum atomic E-state index is 4.77. The monoisotopic (exact) mass is 289 g/mol. The third-order valence-corrected chi connectivity index (χ3v) is 3.81. The number of rotatable bonds is 10. The SMILES string of the molecule is C\C=C(/C=N/C(=C/C)C(=C\C(C)CC)/CCC)CCCC. The van der Waals surface area contributed by atoms with Gasteiger partial charge in [-0.15, -0.1) is 0 Å². The Bertz CT molecular complexity index is 383. The lowest BCUT2D eigenvalue weighted by Gasteiger charge is -2.10. The molecule has 0 amide bonds. The maximum Gasteiger partial charge on any atom is 0.0615 e. The summed E-state index contributed by atoms with van der Waals surface area (Å²) in [6.45, 7) is 13.2. The van der Waals surface area contributed by atoms with E-state index in [0.29, 0.717) is 5.92 Å². The normalized spacial score (nSPS) is 15.8. The van der Waals surface area contributed by atoms with E-state index in [1.54, 1.807) is 0 Å². The van der Waals surface area contributed by atoms with E-state index in [2.05, 4.69) is 66.0 Å². The van der Waals surface area contributed by atoms with Gasteiger partial charge in [-0.25, -0.2) is 0 Å². The quantitative estimate of drug-likeness (QED) is 0.307. The molecule has 0 aromatic heterocycles. The largest absolute Gasteiger partial charge is 0.257 e. The third kappa shape index (κ3) is 8.70. The molecule has 21 heavy (non-hydrogen) atoms. The highest BCUT2D eigenvalue weighted by Crippen LogP contribution is 2.21. The van der Waals surface area contributed by atoms with Crippen molar-refractivity contribution in [1.29, 1.82) is 0 Å². The molecule has 1 heteroatoms. The first-order chi connectivity index (χ1) is 10.1. The summed E-state index contributed by atoms with van der Waals surface area (Å²) in [6, 6.07) is 0. The number of hydrogen-bond donors (Lipinski definition) is 0. The number of allylic oxidation sites excluding steroid dienone is 5. The van der Waals surface area contributed by atoms with Crippen LogP contribution in [0.2, 0.25) is 0 Å². The van der Waals surface area contributed by atoms with E-state index < -0.39 is 0 Å². The molecule has 1 nitrogen and oxygen atoms in total. The predicted molar refractivity (Wildman–Crippen MR) is 98.0 cm³/mol. The minimum absolute atomic E-state index is 0.623. The van der Waals surface area contributed by atoms with Crippen molar-refractivity contribution in [3.8, 4) is 0 Å². The van der Waals surface area contributed by atoms with Gasteiger partial charge in [-0.3, -0.25) is 4.99 Å². The van der Waals surface area contributed by atoms with Gasteiger partial charge in [0.05, 0.1) is 5.70 Å². The van der Waals surface area contributed by atoms with Crippen LogP contribution in [0.4, 0.5) is 0 Å². The van der Waals surface area contributed by atoms with Gasteiger partial charge < -0.3 is 0 Å². The molecule has 1 atom stereocenters.